The largest absolute Gasteiger partial charge is 0.497 e. The second-order valence-corrected chi connectivity index (χ2v) is 12.1. The van der Waals surface area contributed by atoms with Gasteiger partial charge in [0.2, 0.25) is 11.8 Å². The van der Waals surface area contributed by atoms with Crippen LogP contribution in [0.5, 0.6) is 11.5 Å². The molecule has 9 nitrogen and oxygen atoms in total. The van der Waals surface area contributed by atoms with Crippen LogP contribution in [-0.2, 0) is 26.2 Å². The Labute approximate surface area is 249 Å². The molecular formula is C32H41N3O6S. The third-order valence-electron chi connectivity index (χ3n) is 6.97. The lowest BCUT2D eigenvalue weighted by Crippen LogP contribution is -2.51. The second-order valence-electron chi connectivity index (χ2n) is 10.2. The first kappa shape index (κ1) is 32.5. The molecular weight excluding hydrogens is 554 g/mol. The Morgan fingerprint density at radius 2 is 1.62 bits per heavy atom. The molecule has 0 aromatic heterocycles. The summed E-state index contributed by atoms with van der Waals surface area (Å²) in [5, 5.41) is 2.89. The molecule has 0 fully saturated rings. The maximum Gasteiger partial charge on any atom is 0.264 e. The van der Waals surface area contributed by atoms with Gasteiger partial charge in [-0.25, -0.2) is 8.42 Å². The highest BCUT2D eigenvalue weighted by atomic mass is 32.2. The monoisotopic (exact) mass is 595 g/mol. The minimum absolute atomic E-state index is 0.0363. The molecule has 0 spiro atoms. The maximum atomic E-state index is 14.1. The molecule has 3 aromatic rings. The van der Waals surface area contributed by atoms with E-state index in [1.54, 1.807) is 62.6 Å². The lowest BCUT2D eigenvalue weighted by molar-refractivity contribution is -0.139. The summed E-state index contributed by atoms with van der Waals surface area (Å²) in [5.74, 6) is 0.0396. The summed E-state index contributed by atoms with van der Waals surface area (Å²) in [6.07, 6.45) is 1.71. The van der Waals surface area contributed by atoms with Crippen molar-refractivity contribution in [3.8, 4) is 11.5 Å². The maximum absolute atomic E-state index is 14.1. The van der Waals surface area contributed by atoms with Crippen LogP contribution in [0.15, 0.2) is 71.6 Å². The van der Waals surface area contributed by atoms with Crippen molar-refractivity contribution in [1.29, 1.82) is 0 Å². The smallest absolute Gasteiger partial charge is 0.264 e. The SMILES string of the molecule is CCCCNC(=O)[C@H](C)N(Cc1cccc(OC)c1)C(=O)CN(c1cc(C)ccc1OC)S(=O)(=O)c1ccc(C)cc1. The number of ether oxygens (including phenoxy) is 2. The van der Waals surface area contributed by atoms with Gasteiger partial charge in [0.15, 0.2) is 0 Å². The van der Waals surface area contributed by atoms with Gasteiger partial charge >= 0.3 is 0 Å². The minimum atomic E-state index is -4.21. The summed E-state index contributed by atoms with van der Waals surface area (Å²) < 4.78 is 40.1. The van der Waals surface area contributed by atoms with E-state index < -0.39 is 28.5 Å². The van der Waals surface area contributed by atoms with Gasteiger partial charge in [0.1, 0.15) is 24.1 Å². The fourth-order valence-electron chi connectivity index (χ4n) is 4.43. The highest BCUT2D eigenvalue weighted by molar-refractivity contribution is 7.92. The van der Waals surface area contributed by atoms with Gasteiger partial charge in [-0.15, -0.1) is 0 Å². The first-order chi connectivity index (χ1) is 20.0. The number of nitrogens with one attached hydrogen (secondary N) is 1. The van der Waals surface area contributed by atoms with Crippen molar-refractivity contribution in [2.45, 2.75) is 58.0 Å². The van der Waals surface area contributed by atoms with Gasteiger partial charge in [-0.1, -0.05) is 49.2 Å². The van der Waals surface area contributed by atoms with Crippen LogP contribution in [0.3, 0.4) is 0 Å². The number of carbonyl (C=O) groups excluding carboxylic acids is 2. The van der Waals surface area contributed by atoms with E-state index in [0.29, 0.717) is 18.0 Å². The molecule has 3 aromatic carbocycles. The highest BCUT2D eigenvalue weighted by Crippen LogP contribution is 2.34. The number of carbonyl (C=O) groups is 2. The van der Waals surface area contributed by atoms with Crippen molar-refractivity contribution in [2.24, 2.45) is 0 Å². The van der Waals surface area contributed by atoms with Crippen LogP contribution >= 0.6 is 0 Å². The van der Waals surface area contributed by atoms with E-state index in [1.807, 2.05) is 26.8 Å². The van der Waals surface area contributed by atoms with Crippen LogP contribution in [0.4, 0.5) is 5.69 Å². The summed E-state index contributed by atoms with van der Waals surface area (Å²) in [6, 6.07) is 17.9. The molecule has 0 bridgehead atoms. The average Bonchev–Trinajstić information content (AvgIpc) is 2.98. The molecule has 0 unspecified atom stereocenters. The van der Waals surface area contributed by atoms with Crippen LogP contribution in [0.1, 0.15) is 43.4 Å². The number of unbranched alkanes of at least 4 members (excludes halogenated alkanes) is 1. The zero-order valence-electron chi connectivity index (χ0n) is 25.2. The molecule has 226 valence electrons. The Kier molecular flexibility index (Phi) is 11.4. The fraction of sp³-hybridized carbons (Fsp3) is 0.375. The Morgan fingerprint density at radius 1 is 0.929 bits per heavy atom. The lowest BCUT2D eigenvalue weighted by atomic mass is 10.1. The fourth-order valence-corrected chi connectivity index (χ4v) is 5.85. The van der Waals surface area contributed by atoms with Crippen LogP contribution in [0.25, 0.3) is 0 Å². The number of benzene rings is 3. The molecule has 10 heteroatoms. The number of anilines is 1. The van der Waals surface area contributed by atoms with E-state index in [-0.39, 0.29) is 23.0 Å². The number of sulfonamides is 1. The third kappa shape index (κ3) is 8.03. The van der Waals surface area contributed by atoms with E-state index in [1.165, 1.54) is 24.1 Å². The van der Waals surface area contributed by atoms with Gasteiger partial charge in [0, 0.05) is 13.1 Å². The van der Waals surface area contributed by atoms with Crippen LogP contribution in [-0.4, -0.2) is 58.5 Å². The molecule has 0 aliphatic carbocycles. The van der Waals surface area contributed by atoms with Gasteiger partial charge < -0.3 is 19.7 Å². The van der Waals surface area contributed by atoms with E-state index in [4.69, 9.17) is 9.47 Å². The van der Waals surface area contributed by atoms with Crippen molar-refractivity contribution in [3.63, 3.8) is 0 Å². The van der Waals surface area contributed by atoms with Gasteiger partial charge in [-0.3, -0.25) is 13.9 Å². The summed E-state index contributed by atoms with van der Waals surface area (Å²) in [6.45, 7) is 7.37. The van der Waals surface area contributed by atoms with Gasteiger partial charge in [-0.05, 0) is 74.7 Å². The predicted octanol–water partition coefficient (Wildman–Crippen LogP) is 4.85. The van der Waals surface area contributed by atoms with Crippen molar-refractivity contribution in [1.82, 2.24) is 10.2 Å². The number of methoxy groups -OCH3 is 2. The molecule has 42 heavy (non-hydrogen) atoms. The normalized spacial score (nSPS) is 11.9. The van der Waals surface area contributed by atoms with Crippen molar-refractivity contribution in [3.05, 3.63) is 83.4 Å². The molecule has 3 rings (SSSR count). The molecule has 1 N–H and O–H groups in total. The van der Waals surface area contributed by atoms with E-state index in [9.17, 15) is 18.0 Å². The quantitative estimate of drug-likeness (QED) is 0.267. The summed E-state index contributed by atoms with van der Waals surface area (Å²) in [4.78, 5) is 28.7. The third-order valence-corrected chi connectivity index (χ3v) is 8.75. The molecule has 0 aliphatic heterocycles. The zero-order valence-corrected chi connectivity index (χ0v) is 26.0. The molecule has 0 saturated heterocycles. The predicted molar refractivity (Wildman–Crippen MR) is 164 cm³/mol. The Bertz CT molecular complexity index is 1470. The molecule has 0 saturated carbocycles. The molecule has 0 radical (unpaired) electrons. The number of nitrogens with zero attached hydrogens (tertiary/aromatic N) is 2. The van der Waals surface area contributed by atoms with Gasteiger partial charge in [0.05, 0.1) is 24.8 Å². The van der Waals surface area contributed by atoms with E-state index in [0.717, 1.165) is 33.8 Å². The second kappa shape index (κ2) is 14.7. The van der Waals surface area contributed by atoms with Crippen molar-refractivity contribution >= 4 is 27.5 Å². The summed E-state index contributed by atoms with van der Waals surface area (Å²) in [7, 11) is -1.21. The average molecular weight is 596 g/mol. The first-order valence-electron chi connectivity index (χ1n) is 14.0. The number of hydrogen-bond donors (Lipinski definition) is 1. The molecule has 2 amide bonds. The summed E-state index contributed by atoms with van der Waals surface area (Å²) >= 11 is 0. The summed E-state index contributed by atoms with van der Waals surface area (Å²) in [5.41, 5.74) is 2.65. The minimum Gasteiger partial charge on any atom is -0.497 e. The number of rotatable bonds is 14. The topological polar surface area (TPSA) is 105 Å². The van der Waals surface area contributed by atoms with Gasteiger partial charge in [-0.2, -0.15) is 0 Å². The molecule has 0 heterocycles. The van der Waals surface area contributed by atoms with E-state index >= 15 is 0 Å². The molecule has 0 aliphatic rings. The highest BCUT2D eigenvalue weighted by Gasteiger charge is 2.34. The lowest BCUT2D eigenvalue weighted by Gasteiger charge is -2.32. The Morgan fingerprint density at radius 3 is 2.26 bits per heavy atom. The van der Waals surface area contributed by atoms with E-state index in [2.05, 4.69) is 5.32 Å². The first-order valence-corrected chi connectivity index (χ1v) is 15.4. The Balaban J connectivity index is 2.08. The van der Waals surface area contributed by atoms with Crippen LogP contribution < -0.4 is 19.1 Å². The number of hydrogen-bond acceptors (Lipinski definition) is 6. The zero-order chi connectivity index (χ0) is 30.9. The van der Waals surface area contributed by atoms with Crippen LogP contribution in [0.2, 0.25) is 0 Å². The Hall–Kier alpha value is -4.05. The van der Waals surface area contributed by atoms with Gasteiger partial charge in [0.25, 0.3) is 10.0 Å². The van der Waals surface area contributed by atoms with Crippen LogP contribution in [0, 0.1) is 13.8 Å². The van der Waals surface area contributed by atoms with Crippen molar-refractivity contribution in [2.75, 3.05) is 31.6 Å². The van der Waals surface area contributed by atoms with Crippen molar-refractivity contribution < 1.29 is 27.5 Å². The number of amides is 2. The number of aryl methyl sites for hydroxylation is 2. The molecule has 1 atom stereocenters. The standard InChI is InChI=1S/C32H41N3O6S/c1-7-8-18-33-32(37)25(4)34(21-26-10-9-11-27(20-26)40-5)31(36)22-35(29-19-24(3)14-17-30(29)41-6)42(38,39)28-15-12-23(2)13-16-28/h9-17,19-20,25H,7-8,18,21-22H2,1-6H3,(H,33,37)/t25-/m0/s1.